The normalized spacial score (nSPS) is 24.1. The summed E-state index contributed by atoms with van der Waals surface area (Å²) in [5.41, 5.74) is 0.889. The molecule has 0 bridgehead atoms. The minimum absolute atomic E-state index is 0. The predicted octanol–water partition coefficient (Wildman–Crippen LogP) is 2.68. The molecule has 0 spiro atoms. The van der Waals surface area contributed by atoms with E-state index in [-0.39, 0.29) is 29.8 Å². The smallest absolute Gasteiger partial charge is 0.227 e. The van der Waals surface area contributed by atoms with Crippen LogP contribution >= 0.6 is 12.4 Å². The zero-order valence-electron chi connectivity index (χ0n) is 11.6. The molecule has 2 rings (SSSR count). The van der Waals surface area contributed by atoms with Gasteiger partial charge >= 0.3 is 0 Å². The van der Waals surface area contributed by atoms with Gasteiger partial charge in [0.15, 0.2) is 0 Å². The van der Waals surface area contributed by atoms with Gasteiger partial charge in [0.2, 0.25) is 5.91 Å². The lowest BCUT2D eigenvalue weighted by Crippen LogP contribution is -2.49. The molecule has 2 atom stereocenters. The molecule has 0 aliphatic carbocycles. The highest BCUT2D eigenvalue weighted by Gasteiger charge is 2.35. The van der Waals surface area contributed by atoms with Crippen molar-refractivity contribution in [2.45, 2.75) is 32.7 Å². The Labute approximate surface area is 121 Å². The molecule has 0 radical (unpaired) electrons. The van der Waals surface area contributed by atoms with E-state index in [1.165, 1.54) is 0 Å². The Morgan fingerprint density at radius 1 is 1.37 bits per heavy atom. The Hall–Kier alpha value is -1.06. The van der Waals surface area contributed by atoms with E-state index in [0.29, 0.717) is 0 Å². The average molecular weight is 283 g/mol. The van der Waals surface area contributed by atoms with E-state index in [1.54, 1.807) is 0 Å². The Morgan fingerprint density at radius 3 is 2.63 bits per heavy atom. The third-order valence-corrected chi connectivity index (χ3v) is 3.79. The minimum atomic E-state index is -0.263. The fourth-order valence-corrected chi connectivity index (χ4v) is 2.45. The lowest BCUT2D eigenvalue weighted by Gasteiger charge is -2.33. The summed E-state index contributed by atoms with van der Waals surface area (Å²) in [5.74, 6) is 0.158. The van der Waals surface area contributed by atoms with Crippen LogP contribution in [0.25, 0.3) is 0 Å². The van der Waals surface area contributed by atoms with Crippen LogP contribution in [0.1, 0.15) is 38.3 Å². The second-order valence-corrected chi connectivity index (χ2v) is 5.45. The third-order valence-electron chi connectivity index (χ3n) is 3.79. The first kappa shape index (κ1) is 16.0. The number of benzene rings is 1. The summed E-state index contributed by atoms with van der Waals surface area (Å²) in [6, 6.07) is 10.2. The van der Waals surface area contributed by atoms with Crippen LogP contribution in [0.15, 0.2) is 30.3 Å². The summed E-state index contributed by atoms with van der Waals surface area (Å²) >= 11 is 0. The molecular formula is C15H23ClN2O. The molecule has 1 amide bonds. The van der Waals surface area contributed by atoms with Gasteiger partial charge in [-0.15, -0.1) is 12.4 Å². The summed E-state index contributed by atoms with van der Waals surface area (Å²) in [6.45, 7) is 5.89. The maximum Gasteiger partial charge on any atom is 0.227 e. The van der Waals surface area contributed by atoms with Crippen molar-refractivity contribution in [2.75, 3.05) is 13.1 Å². The number of hydrogen-bond donors (Lipinski definition) is 2. The van der Waals surface area contributed by atoms with E-state index < -0.39 is 0 Å². The molecule has 1 aromatic carbocycles. The molecule has 1 heterocycles. The van der Waals surface area contributed by atoms with Gasteiger partial charge in [-0.05, 0) is 38.8 Å². The first-order valence-electron chi connectivity index (χ1n) is 6.68. The van der Waals surface area contributed by atoms with Crippen LogP contribution in [-0.4, -0.2) is 19.0 Å². The Bertz CT molecular complexity index is 402. The van der Waals surface area contributed by atoms with Crippen molar-refractivity contribution in [3.63, 3.8) is 0 Å². The Balaban J connectivity index is 0.00000180. The fourth-order valence-electron chi connectivity index (χ4n) is 2.45. The van der Waals surface area contributed by atoms with Gasteiger partial charge in [0.25, 0.3) is 0 Å². The van der Waals surface area contributed by atoms with Gasteiger partial charge in [-0.1, -0.05) is 30.3 Å². The summed E-state index contributed by atoms with van der Waals surface area (Å²) in [5, 5.41) is 6.44. The predicted molar refractivity (Wildman–Crippen MR) is 80.5 cm³/mol. The van der Waals surface area contributed by atoms with Crippen LogP contribution in [0.4, 0.5) is 0 Å². The van der Waals surface area contributed by atoms with Crippen molar-refractivity contribution < 1.29 is 4.79 Å². The highest BCUT2D eigenvalue weighted by molar-refractivity contribution is 5.85. The van der Waals surface area contributed by atoms with Crippen LogP contribution in [-0.2, 0) is 4.79 Å². The zero-order chi connectivity index (χ0) is 13.0. The molecular weight excluding hydrogens is 260 g/mol. The Kier molecular flexibility index (Phi) is 5.83. The summed E-state index contributed by atoms with van der Waals surface area (Å²) in [6.07, 6.45) is 2.04. The average Bonchev–Trinajstić information content (AvgIpc) is 2.40. The molecule has 1 aliphatic heterocycles. The molecule has 4 heteroatoms. The third kappa shape index (κ3) is 3.95. The van der Waals surface area contributed by atoms with Gasteiger partial charge in [0.1, 0.15) is 0 Å². The number of amides is 1. The molecule has 3 nitrogen and oxygen atoms in total. The van der Waals surface area contributed by atoms with Gasteiger partial charge in [0.05, 0.1) is 11.5 Å². The van der Waals surface area contributed by atoms with Crippen LogP contribution in [0.5, 0.6) is 0 Å². The second kappa shape index (κ2) is 6.92. The highest BCUT2D eigenvalue weighted by Crippen LogP contribution is 2.26. The fraction of sp³-hybridized carbons (Fsp3) is 0.533. The van der Waals surface area contributed by atoms with Crippen LogP contribution < -0.4 is 10.6 Å². The summed E-state index contributed by atoms with van der Waals surface area (Å²) < 4.78 is 0. The van der Waals surface area contributed by atoms with Crippen LogP contribution in [0.2, 0.25) is 0 Å². The minimum Gasteiger partial charge on any atom is -0.349 e. The SMILES string of the molecule is C[C@@H](NC(=O)C1(C)CCCNC1)c1ccccc1.Cl. The monoisotopic (exact) mass is 282 g/mol. The van der Waals surface area contributed by atoms with E-state index >= 15 is 0 Å². The first-order valence-corrected chi connectivity index (χ1v) is 6.68. The molecule has 1 saturated heterocycles. The van der Waals surface area contributed by atoms with Crippen LogP contribution in [0.3, 0.4) is 0 Å². The second-order valence-electron chi connectivity index (χ2n) is 5.45. The van der Waals surface area contributed by atoms with Gasteiger partial charge in [-0.3, -0.25) is 4.79 Å². The van der Waals surface area contributed by atoms with E-state index in [9.17, 15) is 4.79 Å². The van der Waals surface area contributed by atoms with Gasteiger partial charge in [-0.2, -0.15) is 0 Å². The van der Waals surface area contributed by atoms with Crippen molar-refractivity contribution in [3.8, 4) is 0 Å². The molecule has 1 aromatic rings. The van der Waals surface area contributed by atoms with Crippen molar-refractivity contribution in [1.29, 1.82) is 0 Å². The molecule has 1 aliphatic rings. The number of carbonyl (C=O) groups is 1. The highest BCUT2D eigenvalue weighted by atomic mass is 35.5. The number of piperidine rings is 1. The number of nitrogens with one attached hydrogen (secondary N) is 2. The molecule has 19 heavy (non-hydrogen) atoms. The van der Waals surface area contributed by atoms with E-state index in [4.69, 9.17) is 0 Å². The van der Waals surface area contributed by atoms with Crippen molar-refractivity contribution in [2.24, 2.45) is 5.41 Å². The molecule has 1 unspecified atom stereocenters. The lowest BCUT2D eigenvalue weighted by atomic mass is 9.81. The maximum atomic E-state index is 12.4. The molecule has 2 N–H and O–H groups in total. The maximum absolute atomic E-state index is 12.4. The van der Waals surface area contributed by atoms with Crippen molar-refractivity contribution >= 4 is 18.3 Å². The van der Waals surface area contributed by atoms with Gasteiger partial charge in [0, 0.05) is 6.54 Å². The molecule has 0 saturated carbocycles. The van der Waals surface area contributed by atoms with Crippen LogP contribution in [0, 0.1) is 5.41 Å². The summed E-state index contributed by atoms with van der Waals surface area (Å²) in [7, 11) is 0. The van der Waals surface area contributed by atoms with Crippen molar-refractivity contribution in [3.05, 3.63) is 35.9 Å². The van der Waals surface area contributed by atoms with E-state index in [2.05, 4.69) is 10.6 Å². The van der Waals surface area contributed by atoms with E-state index in [1.807, 2.05) is 44.2 Å². The Morgan fingerprint density at radius 2 is 2.05 bits per heavy atom. The standard InChI is InChI=1S/C15H22N2O.ClH/c1-12(13-7-4-3-5-8-13)17-14(18)15(2)9-6-10-16-11-15;/h3-5,7-8,12,16H,6,9-11H2,1-2H3,(H,17,18);1H/t12-,15?;/m1./s1. The van der Waals surface area contributed by atoms with E-state index in [0.717, 1.165) is 31.5 Å². The van der Waals surface area contributed by atoms with Gasteiger partial charge < -0.3 is 10.6 Å². The molecule has 106 valence electrons. The van der Waals surface area contributed by atoms with Crippen molar-refractivity contribution in [1.82, 2.24) is 10.6 Å². The number of hydrogen-bond acceptors (Lipinski definition) is 2. The quantitative estimate of drug-likeness (QED) is 0.895. The largest absolute Gasteiger partial charge is 0.349 e. The molecule has 1 fully saturated rings. The zero-order valence-corrected chi connectivity index (χ0v) is 12.4. The summed E-state index contributed by atoms with van der Waals surface area (Å²) in [4.78, 5) is 12.4. The topological polar surface area (TPSA) is 41.1 Å². The number of carbonyl (C=O) groups excluding carboxylic acids is 1. The molecule has 0 aromatic heterocycles. The first-order chi connectivity index (χ1) is 8.62. The van der Waals surface area contributed by atoms with Gasteiger partial charge in [-0.25, -0.2) is 0 Å². The number of rotatable bonds is 3. The number of halogens is 1. The lowest BCUT2D eigenvalue weighted by molar-refractivity contribution is -0.131.